The number of benzene rings is 1. The maximum atomic E-state index is 10.6. The van der Waals surface area contributed by atoms with E-state index in [1.54, 1.807) is 0 Å². The molecule has 1 aromatic carbocycles. The first-order chi connectivity index (χ1) is 17.6. The zero-order valence-electron chi connectivity index (χ0n) is 21.1. The lowest BCUT2D eigenvalue weighted by Gasteiger charge is -2.30. The number of ether oxygens (including phenoxy) is 1. The van der Waals surface area contributed by atoms with Gasteiger partial charge >= 0.3 is 24.3 Å². The Hall–Kier alpha value is -2.38. The number of hydrogen-bond acceptors (Lipinski definition) is 5. The standard InChI is InChI=1S/C21H32N2O.2C2HF3O2/c1-22-13-20(15-24-14-19-7-8-19)21(16-22)10-12-23(17-21)11-9-18-5-3-2-4-6-18;2*3-2(4,5)1(6)7/h2-6,19-20H,7-17H2,1H3;2*(H,6,7)/t20-,21-;;/m1../s1. The Labute approximate surface area is 217 Å². The Bertz CT molecular complexity index is 870. The highest BCUT2D eigenvalue weighted by Gasteiger charge is 2.49. The highest BCUT2D eigenvalue weighted by Crippen LogP contribution is 2.43. The van der Waals surface area contributed by atoms with Crippen molar-refractivity contribution in [1.82, 2.24) is 9.80 Å². The van der Waals surface area contributed by atoms with Crippen molar-refractivity contribution in [2.24, 2.45) is 17.3 Å². The van der Waals surface area contributed by atoms with Crippen molar-refractivity contribution in [2.75, 3.05) is 53.0 Å². The van der Waals surface area contributed by atoms with Crippen molar-refractivity contribution in [3.63, 3.8) is 0 Å². The van der Waals surface area contributed by atoms with Crippen LogP contribution < -0.4 is 0 Å². The second-order valence-electron chi connectivity index (χ2n) is 10.1. The van der Waals surface area contributed by atoms with E-state index in [1.807, 2.05) is 0 Å². The number of rotatable bonds is 7. The van der Waals surface area contributed by atoms with Crippen LogP contribution in [-0.4, -0.2) is 97.3 Å². The minimum atomic E-state index is -5.08. The molecule has 1 saturated carbocycles. The number of carbonyl (C=O) groups is 2. The molecule has 1 aliphatic carbocycles. The number of hydrogen-bond donors (Lipinski definition) is 2. The van der Waals surface area contributed by atoms with Crippen LogP contribution in [0.1, 0.15) is 24.8 Å². The predicted molar refractivity (Wildman–Crippen MR) is 126 cm³/mol. The van der Waals surface area contributed by atoms with Crippen LogP contribution in [0, 0.1) is 17.3 Å². The molecule has 1 aromatic rings. The molecule has 216 valence electrons. The number of halogens is 6. The minimum Gasteiger partial charge on any atom is -0.475 e. The summed E-state index contributed by atoms with van der Waals surface area (Å²) >= 11 is 0. The Balaban J connectivity index is 0.000000301. The SMILES string of the molecule is CN1C[C@H](COCC2CC2)[C@]2(CCN(CCc3ccccc3)C2)C1.O=C(O)C(F)(F)F.O=C(O)C(F)(F)F. The van der Waals surface area contributed by atoms with Gasteiger partial charge in [0.15, 0.2) is 0 Å². The molecule has 0 amide bonds. The fraction of sp³-hybridized carbons (Fsp3) is 0.680. The minimum absolute atomic E-state index is 0.481. The van der Waals surface area contributed by atoms with Crippen molar-refractivity contribution in [1.29, 1.82) is 0 Å². The molecule has 13 heteroatoms. The van der Waals surface area contributed by atoms with Gasteiger partial charge in [-0.2, -0.15) is 26.3 Å². The molecule has 0 bridgehead atoms. The lowest BCUT2D eigenvalue weighted by molar-refractivity contribution is -0.193. The summed E-state index contributed by atoms with van der Waals surface area (Å²) in [5.41, 5.74) is 1.95. The van der Waals surface area contributed by atoms with E-state index in [1.165, 1.54) is 64.0 Å². The molecular weight excluding hydrogens is 522 g/mol. The highest BCUT2D eigenvalue weighted by molar-refractivity contribution is 5.73. The summed E-state index contributed by atoms with van der Waals surface area (Å²) in [7, 11) is 2.29. The summed E-state index contributed by atoms with van der Waals surface area (Å²) < 4.78 is 69.6. The average molecular weight is 557 g/mol. The van der Waals surface area contributed by atoms with Gasteiger partial charge in [-0.15, -0.1) is 0 Å². The molecule has 0 aromatic heterocycles. The maximum Gasteiger partial charge on any atom is 0.490 e. The first kappa shape index (κ1) is 31.8. The number of nitrogens with zero attached hydrogens (tertiary/aromatic N) is 2. The molecule has 2 aliphatic heterocycles. The maximum absolute atomic E-state index is 10.6. The zero-order chi connectivity index (χ0) is 28.6. The van der Waals surface area contributed by atoms with Crippen molar-refractivity contribution >= 4 is 11.9 Å². The third-order valence-electron chi connectivity index (χ3n) is 6.86. The van der Waals surface area contributed by atoms with Crippen molar-refractivity contribution in [2.45, 2.75) is 38.0 Å². The molecule has 1 spiro atoms. The van der Waals surface area contributed by atoms with Crippen molar-refractivity contribution < 1.29 is 50.9 Å². The molecule has 3 aliphatic rings. The monoisotopic (exact) mass is 556 g/mol. The smallest absolute Gasteiger partial charge is 0.475 e. The summed E-state index contributed by atoms with van der Waals surface area (Å²) in [6, 6.07) is 10.9. The van der Waals surface area contributed by atoms with E-state index in [2.05, 4.69) is 47.2 Å². The van der Waals surface area contributed by atoms with Crippen LogP contribution in [0.4, 0.5) is 26.3 Å². The summed E-state index contributed by atoms with van der Waals surface area (Å²) in [5.74, 6) is -3.91. The van der Waals surface area contributed by atoms with E-state index in [-0.39, 0.29) is 0 Å². The first-order valence-corrected chi connectivity index (χ1v) is 12.2. The molecule has 2 atom stereocenters. The van der Waals surface area contributed by atoms with Gasteiger partial charge in [0.2, 0.25) is 0 Å². The number of carboxylic acid groups (broad SMARTS) is 2. The second kappa shape index (κ2) is 13.6. The molecular formula is C25H34F6N2O5. The van der Waals surface area contributed by atoms with Gasteiger partial charge in [-0.25, -0.2) is 9.59 Å². The van der Waals surface area contributed by atoms with Gasteiger partial charge in [-0.3, -0.25) is 0 Å². The quantitative estimate of drug-likeness (QED) is 0.487. The van der Waals surface area contributed by atoms with Crippen LogP contribution in [0.5, 0.6) is 0 Å². The van der Waals surface area contributed by atoms with E-state index in [0.717, 1.165) is 25.0 Å². The van der Waals surface area contributed by atoms with Gasteiger partial charge in [0.1, 0.15) is 0 Å². The van der Waals surface area contributed by atoms with Gasteiger partial charge in [0.25, 0.3) is 0 Å². The number of carboxylic acids is 2. The van der Waals surface area contributed by atoms with Gasteiger partial charge < -0.3 is 24.7 Å². The van der Waals surface area contributed by atoms with Crippen LogP contribution >= 0.6 is 0 Å². The largest absolute Gasteiger partial charge is 0.490 e. The van der Waals surface area contributed by atoms with E-state index < -0.39 is 24.3 Å². The first-order valence-electron chi connectivity index (χ1n) is 12.2. The van der Waals surface area contributed by atoms with Crippen molar-refractivity contribution in [3.8, 4) is 0 Å². The Morgan fingerprint density at radius 1 is 0.974 bits per heavy atom. The number of aliphatic carboxylic acids is 2. The van der Waals surface area contributed by atoms with Gasteiger partial charge in [-0.05, 0) is 50.8 Å². The van der Waals surface area contributed by atoms with Crippen molar-refractivity contribution in [3.05, 3.63) is 35.9 Å². The van der Waals surface area contributed by atoms with Crippen LogP contribution in [0.15, 0.2) is 30.3 Å². The van der Waals surface area contributed by atoms with Crippen LogP contribution in [0.3, 0.4) is 0 Å². The second-order valence-corrected chi connectivity index (χ2v) is 10.1. The van der Waals surface area contributed by atoms with E-state index in [9.17, 15) is 26.3 Å². The Morgan fingerprint density at radius 2 is 1.53 bits per heavy atom. The Kier molecular flexibility index (Phi) is 11.4. The molecule has 0 unspecified atom stereocenters. The van der Waals surface area contributed by atoms with Gasteiger partial charge in [-0.1, -0.05) is 30.3 Å². The molecule has 38 heavy (non-hydrogen) atoms. The fourth-order valence-electron chi connectivity index (χ4n) is 4.76. The van der Waals surface area contributed by atoms with E-state index >= 15 is 0 Å². The number of likely N-dealkylation sites (tertiary alicyclic amines) is 2. The van der Waals surface area contributed by atoms with Gasteiger partial charge in [0.05, 0.1) is 6.61 Å². The molecule has 7 nitrogen and oxygen atoms in total. The lowest BCUT2D eigenvalue weighted by atomic mass is 9.77. The molecule has 2 N–H and O–H groups in total. The van der Waals surface area contributed by atoms with E-state index in [0.29, 0.717) is 5.41 Å². The number of alkyl halides is 6. The molecule has 2 heterocycles. The summed E-state index contributed by atoms with van der Waals surface area (Å²) in [4.78, 5) is 23.0. The lowest BCUT2D eigenvalue weighted by Crippen LogP contribution is -2.36. The normalized spacial score (nSPS) is 23.9. The summed E-state index contributed by atoms with van der Waals surface area (Å²) in [6.45, 7) is 8.19. The molecule has 4 rings (SSSR count). The fourth-order valence-corrected chi connectivity index (χ4v) is 4.76. The van der Waals surface area contributed by atoms with E-state index in [4.69, 9.17) is 24.5 Å². The predicted octanol–water partition coefficient (Wildman–Crippen LogP) is 4.18. The average Bonchev–Trinajstić information content (AvgIpc) is 3.47. The van der Waals surface area contributed by atoms with Crippen LogP contribution in [0.2, 0.25) is 0 Å². The highest BCUT2D eigenvalue weighted by atomic mass is 19.4. The Morgan fingerprint density at radius 3 is 2.03 bits per heavy atom. The van der Waals surface area contributed by atoms with Gasteiger partial charge in [0, 0.05) is 44.1 Å². The molecule has 3 fully saturated rings. The summed E-state index contributed by atoms with van der Waals surface area (Å²) in [5, 5.41) is 14.2. The third kappa shape index (κ3) is 10.8. The molecule has 0 radical (unpaired) electrons. The summed E-state index contributed by atoms with van der Waals surface area (Å²) in [6.07, 6.45) is -4.86. The van der Waals surface area contributed by atoms with Crippen LogP contribution in [0.25, 0.3) is 0 Å². The zero-order valence-corrected chi connectivity index (χ0v) is 21.1. The van der Waals surface area contributed by atoms with Crippen LogP contribution in [-0.2, 0) is 20.7 Å². The topological polar surface area (TPSA) is 90.3 Å². The molecule has 2 saturated heterocycles. The third-order valence-corrected chi connectivity index (χ3v) is 6.86.